The second kappa shape index (κ2) is 40.2. The Morgan fingerprint density at radius 2 is 0.929 bits per heavy atom. The quantitative estimate of drug-likeness (QED) is 0.0189. The van der Waals surface area contributed by atoms with Crippen LogP contribution >= 0.6 is 0 Å². The molecule has 672 valence electrons. The molecule has 0 saturated heterocycles. The molecule has 3 aliphatic rings. The lowest BCUT2D eigenvalue weighted by atomic mass is 9.95. The first-order valence-corrected chi connectivity index (χ1v) is 59.3. The maximum Gasteiger partial charge on any atom is 0.318 e. The molecule has 0 saturated carbocycles. The van der Waals surface area contributed by atoms with Crippen LogP contribution in [0.1, 0.15) is 102 Å². The smallest absolute Gasteiger partial charge is 0.318 e. The van der Waals surface area contributed by atoms with E-state index in [0.29, 0.717) is 113 Å². The van der Waals surface area contributed by atoms with E-state index in [1.54, 1.807) is 28.9 Å². The predicted molar refractivity (Wildman–Crippen MR) is 505 cm³/mol. The summed E-state index contributed by atoms with van der Waals surface area (Å²) in [5.41, 5.74) is 20.3. The Morgan fingerprint density at radius 1 is 0.496 bits per heavy atom. The minimum atomic E-state index is -1.31. The summed E-state index contributed by atoms with van der Waals surface area (Å²) in [6.07, 6.45) is 5.93. The highest BCUT2D eigenvalue weighted by Gasteiger charge is 2.35. The number of aromatic nitrogens is 12. The number of aromatic amines is 2. The van der Waals surface area contributed by atoms with Crippen molar-refractivity contribution in [3.05, 3.63) is 170 Å². The number of hydrogen-bond donors (Lipinski definition) is 5. The molecule has 8 heterocycles. The van der Waals surface area contributed by atoms with Crippen LogP contribution in [0, 0.1) is 54.0 Å². The van der Waals surface area contributed by atoms with E-state index < -0.39 is 38.1 Å². The highest BCUT2D eigenvalue weighted by molar-refractivity contribution is 6.77. The van der Waals surface area contributed by atoms with Gasteiger partial charge in [0.2, 0.25) is 0 Å². The average molecular weight is 1800 g/mol. The molecule has 0 spiro atoms. The molecule has 0 atom stereocenters. The van der Waals surface area contributed by atoms with Gasteiger partial charge < -0.3 is 58.6 Å². The summed E-state index contributed by atoms with van der Waals surface area (Å²) in [6, 6.07) is 36.2. The van der Waals surface area contributed by atoms with Crippen LogP contribution in [0.4, 0.5) is 22.8 Å². The maximum absolute atomic E-state index is 14.9. The number of carbonyl (C=O) groups is 2. The number of nitrogens with zero attached hydrogens (tertiary/aromatic N) is 14. The van der Waals surface area contributed by atoms with Crippen molar-refractivity contribution in [3.8, 4) is 85.8 Å². The fourth-order valence-corrected chi connectivity index (χ4v) is 19.0. The van der Waals surface area contributed by atoms with E-state index in [9.17, 15) is 27.9 Å². The van der Waals surface area contributed by atoms with Crippen molar-refractivity contribution < 1.29 is 46.8 Å². The van der Waals surface area contributed by atoms with Crippen LogP contribution in [0.5, 0.6) is 5.75 Å². The molecule has 32 heteroatoms. The summed E-state index contributed by atoms with van der Waals surface area (Å²) in [7, 11) is -5.01. The van der Waals surface area contributed by atoms with Crippen LogP contribution in [0.3, 0.4) is 0 Å². The average Bonchev–Trinajstić information content (AvgIpc) is 1.60. The van der Waals surface area contributed by atoms with E-state index in [4.69, 9.17) is 49.6 Å². The third-order valence-electron chi connectivity index (χ3n) is 23.6. The molecule has 2 aliphatic heterocycles. The molecule has 5 N–H and O–H groups in total. The number of carbonyl (C=O) groups excluding carboxylic acids is 2. The van der Waals surface area contributed by atoms with E-state index in [2.05, 4.69) is 163 Å². The molecule has 0 fully saturated rings. The number of amides is 4. The van der Waals surface area contributed by atoms with Gasteiger partial charge in [-0.05, 0) is 198 Å². The third kappa shape index (κ3) is 22.7. The molecule has 6 aromatic heterocycles. The molecular weight excluding hydrogens is 1670 g/mol. The summed E-state index contributed by atoms with van der Waals surface area (Å²) in [6.45, 7) is 44.3. The Balaban J connectivity index is 0.000000166. The van der Waals surface area contributed by atoms with Crippen molar-refractivity contribution in [1.82, 2.24) is 79.3 Å². The van der Waals surface area contributed by atoms with Gasteiger partial charge in [-0.1, -0.05) is 130 Å². The number of nitrogens with one attached hydrogen (secondary N) is 4. The Bertz CT molecular complexity index is 6060. The van der Waals surface area contributed by atoms with Gasteiger partial charge in [-0.15, -0.1) is 0 Å². The zero-order chi connectivity index (χ0) is 91.0. The van der Waals surface area contributed by atoms with Gasteiger partial charge in [0.15, 0.2) is 29.0 Å². The fraction of sp³-hybridized carbons (Fsp3) is 0.453. The van der Waals surface area contributed by atoms with Crippen molar-refractivity contribution in [3.63, 3.8) is 0 Å². The predicted octanol–water partition coefficient (Wildman–Crippen LogP) is 20.8. The first-order valence-electron chi connectivity index (χ1n) is 44.5. The summed E-state index contributed by atoms with van der Waals surface area (Å²) in [5, 5.41) is 53.3. The molecule has 25 nitrogen and oxygen atoms in total. The number of ether oxygens (including phenoxy) is 4. The number of phenols is 1. The number of urea groups is 2. The molecule has 0 unspecified atom stereocenters. The van der Waals surface area contributed by atoms with Gasteiger partial charge in [-0.3, -0.25) is 5.10 Å². The van der Waals surface area contributed by atoms with E-state index in [-0.39, 0.29) is 55.7 Å². The van der Waals surface area contributed by atoms with Gasteiger partial charge >= 0.3 is 12.1 Å². The van der Waals surface area contributed by atoms with Crippen molar-refractivity contribution in [2.24, 2.45) is 0 Å². The number of nitriles is 2. The van der Waals surface area contributed by atoms with E-state index in [0.717, 1.165) is 186 Å². The van der Waals surface area contributed by atoms with Crippen LogP contribution < -0.4 is 10.6 Å². The van der Waals surface area contributed by atoms with Gasteiger partial charge in [0.1, 0.15) is 55.6 Å². The lowest BCUT2D eigenvalue weighted by molar-refractivity contribution is 0.0813. The van der Waals surface area contributed by atoms with Crippen molar-refractivity contribution >= 4 is 77.1 Å². The number of benzene rings is 6. The van der Waals surface area contributed by atoms with Gasteiger partial charge in [0.25, 0.3) is 0 Å². The number of H-pyrrole nitrogens is 2. The number of fused-ring (bicyclic) bond motifs is 6. The van der Waals surface area contributed by atoms with Crippen molar-refractivity contribution in [2.45, 2.75) is 242 Å². The number of rotatable bonds is 33. The highest BCUT2D eigenvalue weighted by Crippen LogP contribution is 2.41. The Morgan fingerprint density at radius 3 is 1.40 bits per heavy atom. The largest absolute Gasteiger partial charge is 0.505 e. The van der Waals surface area contributed by atoms with Crippen molar-refractivity contribution in [2.75, 3.05) is 39.5 Å². The SMILES string of the molecule is CCc1cc(C)c(F)cc1-c1ccc2c(-c3nc4c(n3COCC[Si](C)(C)C)CCC4)nn(COCC[Si](C)(C)C)c2c1.CCc1cc(C)c(F)cc1-c1ccc2c(-c3nc4c(n3COCC[Si](C)(C)C)CN(C(=O)NCCC#N)C4)nn(COCC[Si](C)(C)C)c2c1.CCc1cc(O)c(F)cc1-c1ccc2c(-c3nc4c([nH]3)CN(C(=O)NCCC#N)C4)n[nH]c2c1. The fourth-order valence-electron chi connectivity index (χ4n) is 16.0. The van der Waals surface area contributed by atoms with Crippen LogP contribution in [-0.2, 0) is 104 Å². The first kappa shape index (κ1) is 93.8. The lowest BCUT2D eigenvalue weighted by Gasteiger charge is -2.19. The Hall–Kier alpha value is -10.8. The van der Waals surface area contributed by atoms with E-state index in [1.807, 2.05) is 71.7 Å². The second-order valence-electron chi connectivity index (χ2n) is 38.3. The van der Waals surface area contributed by atoms with Crippen molar-refractivity contribution in [1.29, 1.82) is 10.5 Å². The number of halogens is 3. The lowest BCUT2D eigenvalue weighted by Crippen LogP contribution is -2.37. The minimum Gasteiger partial charge on any atom is -0.505 e. The molecule has 0 bridgehead atoms. The topological polar surface area (TPSA) is 298 Å². The standard InChI is InChI=1S/C37H52FN7O3Si2.C34H49FN4O2Si2.C24H22FN7O2/c1-9-27-19-26(2)31(38)21-30(27)28-11-12-29-33(20-28)45(25-48-16-18-50(6,7)8)42-35(29)36-41-32-22-43(37(46)40-14-10-13-39)23-34(32)44(36)24-47-15-17-49(3,4)5;1-9-25-19-24(2)29(35)21-28(25)26-13-14-27-32(20-26)39(23-41-16-18-43(6,7)8)37-33(27)34-36-30-11-10-12-31(30)38(34)22-40-15-17-42(3,4)5;1-2-13-9-21(33)17(25)10-16(13)14-4-5-15-18(8-14)30-31-22(15)23-28-19-11-32(12-20(19)29-23)24(34)27-7-3-6-26/h11-12,19-21H,9-10,14-18,22-25H2,1-8H3,(H,40,46);13-14,19-21H,9-12,15-18,22-23H2,1-8H3;4-5,8-10,33H,2-3,7,11-12H2,1H3,(H,27,34)(H,28,29)(H,30,31). The summed E-state index contributed by atoms with van der Waals surface area (Å²) < 4.78 is 76.8. The summed E-state index contributed by atoms with van der Waals surface area (Å²) in [4.78, 5) is 46.6. The summed E-state index contributed by atoms with van der Waals surface area (Å²) in [5.74, 6) is 0.749. The van der Waals surface area contributed by atoms with Gasteiger partial charge in [-0.2, -0.15) is 25.8 Å². The molecule has 12 aromatic rings. The van der Waals surface area contributed by atoms with Gasteiger partial charge in [-0.25, -0.2) is 47.1 Å². The first-order chi connectivity index (χ1) is 60.5. The number of imidazole rings is 3. The zero-order valence-electron chi connectivity index (χ0n) is 76.8. The monoisotopic (exact) mass is 1800 g/mol. The summed E-state index contributed by atoms with van der Waals surface area (Å²) >= 11 is 0. The number of phenolic OH excluding ortho intramolecular Hbond substituents is 1. The van der Waals surface area contributed by atoms with Crippen LogP contribution in [0.2, 0.25) is 103 Å². The van der Waals surface area contributed by atoms with E-state index >= 15 is 0 Å². The second-order valence-corrected chi connectivity index (χ2v) is 60.8. The van der Waals surface area contributed by atoms with Crippen LogP contribution in [0.15, 0.2) is 91.0 Å². The van der Waals surface area contributed by atoms with Crippen LogP contribution in [-0.4, -0.2) is 158 Å². The molecule has 6 aromatic carbocycles. The van der Waals surface area contributed by atoms with Gasteiger partial charge in [0, 0.05) is 93.7 Å². The molecule has 4 amide bonds. The minimum absolute atomic E-state index is 0.179. The number of hydrogen-bond acceptors (Lipinski definition) is 15. The molecular formula is C95H123F3N18O7Si4. The van der Waals surface area contributed by atoms with Crippen LogP contribution in [0.25, 0.3) is 101 Å². The molecule has 1 aliphatic carbocycles. The number of aromatic hydroxyl groups is 1. The van der Waals surface area contributed by atoms with Gasteiger partial charge in [0.05, 0.1) is 96.2 Å². The number of aryl methyl sites for hydroxylation is 6. The van der Waals surface area contributed by atoms with E-state index in [1.165, 1.54) is 17.8 Å². The molecule has 127 heavy (non-hydrogen) atoms. The highest BCUT2D eigenvalue weighted by atomic mass is 28.3. The molecule has 15 rings (SSSR count). The third-order valence-corrected chi connectivity index (χ3v) is 30.4. The Kier molecular flexibility index (Phi) is 29.7. The normalized spacial score (nSPS) is 13.3. The molecule has 0 radical (unpaired) electrons. The zero-order valence-corrected chi connectivity index (χ0v) is 80.8. The maximum atomic E-state index is 14.9. The Labute approximate surface area is 746 Å².